The fourth-order valence-electron chi connectivity index (χ4n) is 3.15. The van der Waals surface area contributed by atoms with Crippen LogP contribution < -0.4 is 0 Å². The summed E-state index contributed by atoms with van der Waals surface area (Å²) < 4.78 is 24.6. The summed E-state index contributed by atoms with van der Waals surface area (Å²) in [5.41, 5.74) is 1.28. The van der Waals surface area contributed by atoms with Crippen molar-refractivity contribution < 1.29 is 13.2 Å². The lowest BCUT2D eigenvalue weighted by atomic mass is 9.94. The van der Waals surface area contributed by atoms with Gasteiger partial charge in [-0.3, -0.25) is 9.89 Å². The van der Waals surface area contributed by atoms with Gasteiger partial charge in [-0.25, -0.2) is 8.42 Å². The zero-order valence-electron chi connectivity index (χ0n) is 13.6. The van der Waals surface area contributed by atoms with E-state index >= 15 is 0 Å². The van der Waals surface area contributed by atoms with Gasteiger partial charge < -0.3 is 4.90 Å². The highest BCUT2D eigenvalue weighted by atomic mass is 32.2. The van der Waals surface area contributed by atoms with E-state index in [9.17, 15) is 13.2 Å². The summed E-state index contributed by atoms with van der Waals surface area (Å²) in [6, 6.07) is 8.41. The molecule has 0 unspecified atom stereocenters. The van der Waals surface area contributed by atoms with Crippen molar-refractivity contribution >= 4 is 15.7 Å². The molecule has 0 saturated carbocycles. The van der Waals surface area contributed by atoms with Gasteiger partial charge in [-0.1, -0.05) is 19.1 Å². The van der Waals surface area contributed by atoms with Crippen LogP contribution in [0.3, 0.4) is 0 Å². The minimum atomic E-state index is -3.43. The van der Waals surface area contributed by atoms with Crippen LogP contribution in [-0.2, 0) is 9.84 Å². The highest BCUT2D eigenvalue weighted by molar-refractivity contribution is 7.91. The van der Waals surface area contributed by atoms with Crippen LogP contribution in [0.2, 0.25) is 0 Å². The summed E-state index contributed by atoms with van der Waals surface area (Å²) in [6.07, 6.45) is 3.58. The highest BCUT2D eigenvalue weighted by Crippen LogP contribution is 2.27. The Bertz CT molecular complexity index is 815. The van der Waals surface area contributed by atoms with E-state index in [0.29, 0.717) is 13.1 Å². The molecule has 1 atom stereocenters. The SMILES string of the molecule is CCS(=O)(=O)c1ccccc1C(=O)N1CCC[C@H](c2ccn[nH]2)C1. The van der Waals surface area contributed by atoms with Crippen molar-refractivity contribution in [3.05, 3.63) is 47.8 Å². The smallest absolute Gasteiger partial charge is 0.255 e. The number of benzene rings is 1. The molecule has 0 bridgehead atoms. The molecular formula is C17H21N3O3S. The van der Waals surface area contributed by atoms with Gasteiger partial charge in [-0.2, -0.15) is 5.10 Å². The molecule has 2 heterocycles. The summed E-state index contributed by atoms with van der Waals surface area (Å²) in [5, 5.41) is 6.94. The molecule has 1 aromatic carbocycles. The van der Waals surface area contributed by atoms with Gasteiger partial charge in [-0.15, -0.1) is 0 Å². The molecule has 3 rings (SSSR count). The second kappa shape index (κ2) is 6.76. The molecule has 0 aliphatic carbocycles. The molecule has 24 heavy (non-hydrogen) atoms. The lowest BCUT2D eigenvalue weighted by Gasteiger charge is -2.32. The molecular weight excluding hydrogens is 326 g/mol. The number of H-pyrrole nitrogens is 1. The molecule has 1 N–H and O–H groups in total. The Morgan fingerprint density at radius 2 is 2.12 bits per heavy atom. The lowest BCUT2D eigenvalue weighted by Crippen LogP contribution is -2.39. The second-order valence-corrected chi connectivity index (χ2v) is 8.25. The average molecular weight is 347 g/mol. The number of nitrogens with one attached hydrogen (secondary N) is 1. The Hall–Kier alpha value is -2.15. The predicted molar refractivity (Wildman–Crippen MR) is 90.6 cm³/mol. The zero-order valence-corrected chi connectivity index (χ0v) is 14.4. The number of piperidine rings is 1. The van der Waals surface area contributed by atoms with E-state index < -0.39 is 9.84 Å². The van der Waals surface area contributed by atoms with E-state index in [1.165, 1.54) is 6.07 Å². The molecule has 1 saturated heterocycles. The van der Waals surface area contributed by atoms with Crippen LogP contribution in [0.1, 0.15) is 41.7 Å². The molecule has 0 radical (unpaired) electrons. The first-order valence-corrected chi connectivity index (χ1v) is 9.78. The Balaban J connectivity index is 1.87. The van der Waals surface area contributed by atoms with Crippen molar-refractivity contribution in [1.29, 1.82) is 0 Å². The fourth-order valence-corrected chi connectivity index (χ4v) is 4.24. The van der Waals surface area contributed by atoms with E-state index in [-0.39, 0.29) is 28.0 Å². The van der Waals surface area contributed by atoms with E-state index in [4.69, 9.17) is 0 Å². The van der Waals surface area contributed by atoms with Gasteiger partial charge in [0, 0.05) is 30.9 Å². The molecule has 0 spiro atoms. The Kier molecular flexibility index (Phi) is 4.71. The van der Waals surface area contributed by atoms with E-state index in [1.54, 1.807) is 36.2 Å². The third-order valence-corrected chi connectivity index (χ3v) is 6.29. The molecule has 7 heteroatoms. The first kappa shape index (κ1) is 16.7. The molecule has 128 valence electrons. The predicted octanol–water partition coefficient (Wildman–Crippen LogP) is 2.22. The molecule has 1 aliphatic heterocycles. The van der Waals surface area contributed by atoms with E-state index in [0.717, 1.165) is 18.5 Å². The summed E-state index contributed by atoms with van der Waals surface area (Å²) in [7, 11) is -3.43. The largest absolute Gasteiger partial charge is 0.338 e. The van der Waals surface area contributed by atoms with Gasteiger partial charge >= 0.3 is 0 Å². The van der Waals surface area contributed by atoms with Crippen LogP contribution in [0.15, 0.2) is 41.4 Å². The molecule has 1 aliphatic rings. The number of rotatable bonds is 4. The maximum absolute atomic E-state index is 12.9. The lowest BCUT2D eigenvalue weighted by molar-refractivity contribution is 0.0702. The fraction of sp³-hybridized carbons (Fsp3) is 0.412. The van der Waals surface area contributed by atoms with Crippen molar-refractivity contribution in [2.75, 3.05) is 18.8 Å². The number of amides is 1. The first-order chi connectivity index (χ1) is 11.5. The summed E-state index contributed by atoms with van der Waals surface area (Å²) >= 11 is 0. The summed E-state index contributed by atoms with van der Waals surface area (Å²) in [6.45, 7) is 2.80. The average Bonchev–Trinajstić information content (AvgIpc) is 3.16. The number of carbonyl (C=O) groups excluding carboxylic acids is 1. The quantitative estimate of drug-likeness (QED) is 0.919. The molecule has 1 aromatic heterocycles. The van der Waals surface area contributed by atoms with Gasteiger partial charge in [0.1, 0.15) is 0 Å². The van der Waals surface area contributed by atoms with Gasteiger partial charge in [0.15, 0.2) is 9.84 Å². The van der Waals surface area contributed by atoms with Gasteiger partial charge in [0.05, 0.1) is 16.2 Å². The molecule has 1 fully saturated rings. The van der Waals surface area contributed by atoms with Crippen LogP contribution in [-0.4, -0.2) is 48.3 Å². The Morgan fingerprint density at radius 3 is 2.83 bits per heavy atom. The third kappa shape index (κ3) is 3.21. The molecule has 1 amide bonds. The highest BCUT2D eigenvalue weighted by Gasteiger charge is 2.29. The van der Waals surface area contributed by atoms with Crippen LogP contribution >= 0.6 is 0 Å². The number of nitrogens with zero attached hydrogens (tertiary/aromatic N) is 2. The number of aromatic nitrogens is 2. The number of likely N-dealkylation sites (tertiary alicyclic amines) is 1. The maximum atomic E-state index is 12.9. The number of carbonyl (C=O) groups is 1. The number of sulfone groups is 1. The van der Waals surface area contributed by atoms with Gasteiger partial charge in [-0.05, 0) is 31.0 Å². The second-order valence-electron chi connectivity index (χ2n) is 6.00. The van der Waals surface area contributed by atoms with Crippen LogP contribution in [0, 0.1) is 0 Å². The maximum Gasteiger partial charge on any atom is 0.255 e. The minimum Gasteiger partial charge on any atom is -0.338 e. The van der Waals surface area contributed by atoms with Crippen molar-refractivity contribution in [1.82, 2.24) is 15.1 Å². The van der Waals surface area contributed by atoms with Crippen molar-refractivity contribution in [3.63, 3.8) is 0 Å². The number of hydrogen-bond acceptors (Lipinski definition) is 4. The Morgan fingerprint density at radius 1 is 1.33 bits per heavy atom. The van der Waals surface area contributed by atoms with E-state index in [2.05, 4.69) is 10.2 Å². The summed E-state index contributed by atoms with van der Waals surface area (Å²) in [5.74, 6) is -0.0272. The normalized spacial score (nSPS) is 18.5. The standard InChI is InChI=1S/C17H21N3O3S/c1-2-24(22,23)16-8-4-3-7-14(16)17(21)20-11-5-6-13(12-20)15-9-10-18-19-15/h3-4,7-10,13H,2,5-6,11-12H2,1H3,(H,18,19)/t13-/m0/s1. The monoisotopic (exact) mass is 347 g/mol. The first-order valence-electron chi connectivity index (χ1n) is 8.13. The topological polar surface area (TPSA) is 83.1 Å². The van der Waals surface area contributed by atoms with Crippen molar-refractivity contribution in [3.8, 4) is 0 Å². The third-order valence-electron chi connectivity index (χ3n) is 4.50. The van der Waals surface area contributed by atoms with Gasteiger partial charge in [0.25, 0.3) is 5.91 Å². The Labute approximate surface area is 141 Å². The van der Waals surface area contributed by atoms with Gasteiger partial charge in [0.2, 0.25) is 0 Å². The summed E-state index contributed by atoms with van der Waals surface area (Å²) in [4.78, 5) is 14.8. The van der Waals surface area contributed by atoms with Crippen LogP contribution in [0.25, 0.3) is 0 Å². The minimum absolute atomic E-state index is 0.0198. The van der Waals surface area contributed by atoms with Crippen LogP contribution in [0.4, 0.5) is 0 Å². The molecule has 2 aromatic rings. The van der Waals surface area contributed by atoms with E-state index in [1.807, 2.05) is 6.07 Å². The van der Waals surface area contributed by atoms with Crippen LogP contribution in [0.5, 0.6) is 0 Å². The number of aromatic amines is 1. The zero-order chi connectivity index (χ0) is 17.2. The molecule has 6 nitrogen and oxygen atoms in total. The van der Waals surface area contributed by atoms with Crippen molar-refractivity contribution in [2.45, 2.75) is 30.6 Å². The van der Waals surface area contributed by atoms with Crippen molar-refractivity contribution in [2.24, 2.45) is 0 Å². The number of hydrogen-bond donors (Lipinski definition) is 1.